The van der Waals surface area contributed by atoms with Gasteiger partial charge >= 0.3 is 6.18 Å². The fourth-order valence-corrected chi connectivity index (χ4v) is 3.31. The highest BCUT2D eigenvalue weighted by atomic mass is 19.4. The van der Waals surface area contributed by atoms with Gasteiger partial charge in [0, 0.05) is 50.9 Å². The van der Waals surface area contributed by atoms with Crippen LogP contribution in [0, 0.1) is 20.8 Å². The van der Waals surface area contributed by atoms with Gasteiger partial charge in [-0.15, -0.1) is 0 Å². The Kier molecular flexibility index (Phi) is 5.57. The van der Waals surface area contributed by atoms with E-state index >= 15 is 0 Å². The lowest BCUT2D eigenvalue weighted by molar-refractivity contribution is -0.141. The van der Waals surface area contributed by atoms with Crippen LogP contribution in [0.3, 0.4) is 0 Å². The number of anilines is 1. The first-order valence-corrected chi connectivity index (χ1v) is 9.10. The number of amides is 1. The summed E-state index contributed by atoms with van der Waals surface area (Å²) in [5.74, 6) is 0.338. The fourth-order valence-electron chi connectivity index (χ4n) is 3.31. The molecule has 152 valence electrons. The largest absolute Gasteiger partial charge is 0.433 e. The summed E-state index contributed by atoms with van der Waals surface area (Å²) in [7, 11) is 0. The number of rotatable bonds is 4. The molecule has 0 spiro atoms. The van der Waals surface area contributed by atoms with Crippen LogP contribution in [0.5, 0.6) is 0 Å². The van der Waals surface area contributed by atoms with E-state index < -0.39 is 11.9 Å². The lowest BCUT2D eigenvalue weighted by Crippen LogP contribution is -2.49. The van der Waals surface area contributed by atoms with Gasteiger partial charge in [-0.3, -0.25) is 9.48 Å². The molecule has 0 aromatic carbocycles. The smallest absolute Gasteiger partial charge is 0.353 e. The number of carbonyl (C=O) groups is 1. The van der Waals surface area contributed by atoms with E-state index in [4.69, 9.17) is 0 Å². The summed E-state index contributed by atoms with van der Waals surface area (Å²) in [5.41, 5.74) is 0.977. The van der Waals surface area contributed by atoms with Crippen molar-refractivity contribution < 1.29 is 18.0 Å². The van der Waals surface area contributed by atoms with Gasteiger partial charge in [0.05, 0.1) is 5.69 Å². The summed E-state index contributed by atoms with van der Waals surface area (Å²) in [5, 5.41) is 4.35. The van der Waals surface area contributed by atoms with E-state index in [0.717, 1.165) is 17.5 Å². The molecule has 1 amide bonds. The van der Waals surface area contributed by atoms with E-state index in [1.807, 2.05) is 24.6 Å². The summed E-state index contributed by atoms with van der Waals surface area (Å²) in [6.07, 6.45) is -4.17. The number of hydrogen-bond acceptors (Lipinski definition) is 5. The maximum atomic E-state index is 13.0. The van der Waals surface area contributed by atoms with Crippen molar-refractivity contribution in [1.82, 2.24) is 24.6 Å². The van der Waals surface area contributed by atoms with E-state index in [2.05, 4.69) is 15.1 Å². The molecule has 3 heterocycles. The monoisotopic (exact) mass is 396 g/mol. The maximum absolute atomic E-state index is 13.0. The summed E-state index contributed by atoms with van der Waals surface area (Å²) < 4.78 is 40.7. The molecule has 2 aromatic rings. The number of alkyl halides is 3. The minimum absolute atomic E-state index is 0.0158. The molecule has 3 rings (SSSR count). The third-order valence-corrected chi connectivity index (χ3v) is 4.71. The van der Waals surface area contributed by atoms with Gasteiger partial charge in [-0.1, -0.05) is 0 Å². The number of aromatic nitrogens is 4. The van der Waals surface area contributed by atoms with E-state index in [9.17, 15) is 18.0 Å². The molecule has 1 aliphatic rings. The quantitative estimate of drug-likeness (QED) is 0.794. The Morgan fingerprint density at radius 1 is 1.07 bits per heavy atom. The molecule has 0 aliphatic carbocycles. The van der Waals surface area contributed by atoms with Gasteiger partial charge in [0.2, 0.25) is 5.91 Å². The van der Waals surface area contributed by atoms with Crippen LogP contribution in [0.4, 0.5) is 19.0 Å². The molecule has 0 bridgehead atoms. The molecule has 0 radical (unpaired) electrons. The van der Waals surface area contributed by atoms with Crippen molar-refractivity contribution in [3.63, 3.8) is 0 Å². The van der Waals surface area contributed by atoms with E-state index in [1.54, 1.807) is 9.80 Å². The van der Waals surface area contributed by atoms with Gasteiger partial charge in [-0.25, -0.2) is 9.97 Å². The van der Waals surface area contributed by atoms with Gasteiger partial charge in [0.25, 0.3) is 0 Å². The number of hydrogen-bond donors (Lipinski definition) is 0. The van der Waals surface area contributed by atoms with Crippen LogP contribution in [0.15, 0.2) is 12.1 Å². The highest BCUT2D eigenvalue weighted by Crippen LogP contribution is 2.29. The minimum Gasteiger partial charge on any atom is -0.353 e. The van der Waals surface area contributed by atoms with Crippen molar-refractivity contribution in [2.24, 2.45) is 0 Å². The van der Waals surface area contributed by atoms with E-state index in [1.165, 1.54) is 6.92 Å². The summed E-state index contributed by atoms with van der Waals surface area (Å²) in [6, 6.07) is 2.93. The molecule has 0 unspecified atom stereocenters. The second-order valence-electron chi connectivity index (χ2n) is 6.92. The molecule has 7 nitrogen and oxygen atoms in total. The molecule has 0 saturated carbocycles. The molecule has 0 N–H and O–H groups in total. The van der Waals surface area contributed by atoms with Crippen molar-refractivity contribution in [1.29, 1.82) is 0 Å². The first-order chi connectivity index (χ1) is 13.1. The summed E-state index contributed by atoms with van der Waals surface area (Å²) in [4.78, 5) is 23.6. The Morgan fingerprint density at radius 2 is 1.75 bits per heavy atom. The van der Waals surface area contributed by atoms with Gasteiger partial charge < -0.3 is 9.80 Å². The van der Waals surface area contributed by atoms with Gasteiger partial charge in [-0.05, 0) is 26.8 Å². The molecule has 10 heteroatoms. The SMILES string of the molecule is Cc1cc(C)n(CCC(=O)N2CCN(c3cc(C(F)(F)F)nc(C)n3)CC2)n1. The number of aryl methyl sites for hydroxylation is 4. The average Bonchev–Trinajstić information content (AvgIpc) is 2.96. The zero-order valence-corrected chi connectivity index (χ0v) is 16.1. The molecule has 1 aliphatic heterocycles. The zero-order valence-electron chi connectivity index (χ0n) is 16.1. The second-order valence-corrected chi connectivity index (χ2v) is 6.92. The highest BCUT2D eigenvalue weighted by molar-refractivity contribution is 5.76. The molecule has 1 fully saturated rings. The normalized spacial score (nSPS) is 15.2. The van der Waals surface area contributed by atoms with Crippen LogP contribution in [-0.4, -0.2) is 56.7 Å². The van der Waals surface area contributed by atoms with Crippen LogP contribution in [0.2, 0.25) is 0 Å². The third kappa shape index (κ3) is 4.60. The Labute approximate surface area is 161 Å². The van der Waals surface area contributed by atoms with Gasteiger partial charge in [0.1, 0.15) is 17.3 Å². The molecular formula is C18H23F3N6O. The van der Waals surface area contributed by atoms with Gasteiger partial charge in [0.15, 0.2) is 0 Å². The predicted octanol–water partition coefficient (Wildman–Crippen LogP) is 2.36. The predicted molar refractivity (Wildman–Crippen MR) is 96.9 cm³/mol. The Bertz CT molecular complexity index is 855. The van der Waals surface area contributed by atoms with E-state index in [0.29, 0.717) is 39.1 Å². The zero-order chi connectivity index (χ0) is 20.5. The highest BCUT2D eigenvalue weighted by Gasteiger charge is 2.34. The molecular weight excluding hydrogens is 373 g/mol. The van der Waals surface area contributed by atoms with Crippen LogP contribution >= 0.6 is 0 Å². The number of halogens is 3. The Hall–Kier alpha value is -2.65. The van der Waals surface area contributed by atoms with Crippen LogP contribution in [-0.2, 0) is 17.5 Å². The number of piperazine rings is 1. The van der Waals surface area contributed by atoms with Crippen molar-refractivity contribution in [3.8, 4) is 0 Å². The first kappa shape index (κ1) is 20.1. The number of carbonyl (C=O) groups excluding carboxylic acids is 1. The summed E-state index contributed by atoms with van der Waals surface area (Å²) in [6.45, 7) is 7.56. The van der Waals surface area contributed by atoms with Crippen molar-refractivity contribution in [3.05, 3.63) is 35.0 Å². The van der Waals surface area contributed by atoms with E-state index in [-0.39, 0.29) is 17.5 Å². The topological polar surface area (TPSA) is 67.2 Å². The van der Waals surface area contributed by atoms with Crippen LogP contribution in [0.1, 0.15) is 29.3 Å². The van der Waals surface area contributed by atoms with Crippen LogP contribution in [0.25, 0.3) is 0 Å². The molecule has 1 saturated heterocycles. The van der Waals surface area contributed by atoms with Gasteiger partial charge in [-0.2, -0.15) is 18.3 Å². The Balaban J connectivity index is 1.58. The standard InChI is InChI=1S/C18H23F3N6O/c1-12-10-13(2)27(24-12)5-4-17(28)26-8-6-25(7-9-26)16-11-15(18(19,20)21)22-14(3)23-16/h10-11H,4-9H2,1-3H3. The third-order valence-electron chi connectivity index (χ3n) is 4.71. The van der Waals surface area contributed by atoms with Crippen molar-refractivity contribution in [2.45, 2.75) is 39.9 Å². The Morgan fingerprint density at radius 3 is 2.32 bits per heavy atom. The summed E-state index contributed by atoms with van der Waals surface area (Å²) >= 11 is 0. The van der Waals surface area contributed by atoms with Crippen molar-refractivity contribution in [2.75, 3.05) is 31.1 Å². The lowest BCUT2D eigenvalue weighted by Gasteiger charge is -2.35. The molecule has 0 atom stereocenters. The maximum Gasteiger partial charge on any atom is 0.433 e. The fraction of sp³-hybridized carbons (Fsp3) is 0.556. The molecule has 28 heavy (non-hydrogen) atoms. The van der Waals surface area contributed by atoms with Crippen LogP contribution < -0.4 is 4.90 Å². The number of nitrogens with zero attached hydrogens (tertiary/aromatic N) is 6. The van der Waals surface area contributed by atoms with Crippen molar-refractivity contribution >= 4 is 11.7 Å². The lowest BCUT2D eigenvalue weighted by atomic mass is 10.2. The first-order valence-electron chi connectivity index (χ1n) is 9.10. The second kappa shape index (κ2) is 7.76. The molecule has 2 aromatic heterocycles. The minimum atomic E-state index is -4.51. The average molecular weight is 396 g/mol.